The van der Waals surface area contributed by atoms with E-state index in [2.05, 4.69) is 10.3 Å². The molecule has 7 nitrogen and oxygen atoms in total. The van der Waals surface area contributed by atoms with E-state index < -0.39 is 0 Å². The zero-order valence-electron chi connectivity index (χ0n) is 18.3. The number of hydrogen-bond donors (Lipinski definition) is 1. The fourth-order valence-corrected chi connectivity index (χ4v) is 4.27. The largest absolute Gasteiger partial charge is 0.497 e. The first-order chi connectivity index (χ1) is 15.2. The van der Waals surface area contributed by atoms with Crippen molar-refractivity contribution in [1.82, 2.24) is 14.8 Å². The standard InChI is InChI=1S/C24H30N4O3/c1-30-19-10-8-17(9-11-19)16-28-21-14-15-25-24(26-18-6-4-3-5-7-18)23(21)20(27-28)12-13-22(29)31-2/h8-11,14-15,18H,3-7,12-13,16H2,1-2H3,(H,25,26). The van der Waals surface area contributed by atoms with Gasteiger partial charge in [-0.05, 0) is 36.6 Å². The van der Waals surface area contributed by atoms with Crippen molar-refractivity contribution in [1.29, 1.82) is 0 Å². The van der Waals surface area contributed by atoms with Crippen LogP contribution in [0.4, 0.5) is 5.82 Å². The highest BCUT2D eigenvalue weighted by atomic mass is 16.5. The maximum absolute atomic E-state index is 11.8. The molecule has 3 aromatic rings. The lowest BCUT2D eigenvalue weighted by molar-refractivity contribution is -0.140. The molecule has 2 aromatic heterocycles. The van der Waals surface area contributed by atoms with Crippen molar-refractivity contribution in [2.24, 2.45) is 0 Å². The molecular weight excluding hydrogens is 392 g/mol. The van der Waals surface area contributed by atoms with Crippen LogP contribution in [0, 0.1) is 0 Å². The van der Waals surface area contributed by atoms with Gasteiger partial charge in [0.25, 0.3) is 0 Å². The highest BCUT2D eigenvalue weighted by Gasteiger charge is 2.20. The van der Waals surface area contributed by atoms with Crippen molar-refractivity contribution >= 4 is 22.7 Å². The van der Waals surface area contributed by atoms with Gasteiger partial charge in [-0.15, -0.1) is 0 Å². The number of hydrogen-bond acceptors (Lipinski definition) is 6. The van der Waals surface area contributed by atoms with E-state index in [0.29, 0.717) is 25.4 Å². The summed E-state index contributed by atoms with van der Waals surface area (Å²) in [5.74, 6) is 1.46. The van der Waals surface area contributed by atoms with Crippen molar-refractivity contribution in [3.8, 4) is 5.75 Å². The molecule has 31 heavy (non-hydrogen) atoms. The predicted octanol–water partition coefficient (Wildman–Crippen LogP) is 4.34. The van der Waals surface area contributed by atoms with Gasteiger partial charge < -0.3 is 14.8 Å². The van der Waals surface area contributed by atoms with Crippen molar-refractivity contribution in [2.75, 3.05) is 19.5 Å². The third kappa shape index (κ3) is 4.98. The quantitative estimate of drug-likeness (QED) is 0.544. The summed E-state index contributed by atoms with van der Waals surface area (Å²) in [6.45, 7) is 0.631. The SMILES string of the molecule is COC(=O)CCc1nn(Cc2ccc(OC)cc2)c2ccnc(NC3CCCCC3)c12. The molecule has 1 fully saturated rings. The van der Waals surface area contributed by atoms with E-state index in [4.69, 9.17) is 14.6 Å². The predicted molar refractivity (Wildman–Crippen MR) is 120 cm³/mol. The van der Waals surface area contributed by atoms with Crippen LogP contribution in [-0.2, 0) is 22.5 Å². The van der Waals surface area contributed by atoms with E-state index in [0.717, 1.165) is 46.6 Å². The molecule has 1 saturated carbocycles. The number of fused-ring (bicyclic) bond motifs is 1. The van der Waals surface area contributed by atoms with Crippen LogP contribution in [-0.4, -0.2) is 41.0 Å². The summed E-state index contributed by atoms with van der Waals surface area (Å²) in [5, 5.41) is 9.55. The first kappa shape index (κ1) is 21.2. The number of nitrogens with zero attached hydrogens (tertiary/aromatic N) is 3. The smallest absolute Gasteiger partial charge is 0.305 e. The number of ether oxygens (including phenoxy) is 2. The minimum atomic E-state index is -0.233. The second kappa shape index (κ2) is 9.81. The Labute approximate surface area is 182 Å². The van der Waals surface area contributed by atoms with Gasteiger partial charge in [-0.3, -0.25) is 9.48 Å². The van der Waals surface area contributed by atoms with E-state index >= 15 is 0 Å². The second-order valence-corrected chi connectivity index (χ2v) is 8.06. The Morgan fingerprint density at radius 2 is 1.90 bits per heavy atom. The number of carbonyl (C=O) groups excluding carboxylic acids is 1. The first-order valence-corrected chi connectivity index (χ1v) is 11.0. The minimum absolute atomic E-state index is 0.233. The molecule has 0 atom stereocenters. The van der Waals surface area contributed by atoms with E-state index in [-0.39, 0.29) is 5.97 Å². The molecule has 0 aliphatic heterocycles. The number of benzene rings is 1. The number of rotatable bonds is 8. The zero-order chi connectivity index (χ0) is 21.6. The lowest BCUT2D eigenvalue weighted by Crippen LogP contribution is -2.23. The van der Waals surface area contributed by atoms with Gasteiger partial charge in [-0.2, -0.15) is 5.10 Å². The summed E-state index contributed by atoms with van der Waals surface area (Å²) in [4.78, 5) is 16.4. The fraction of sp³-hybridized carbons (Fsp3) is 0.458. The molecule has 164 valence electrons. The van der Waals surface area contributed by atoms with Gasteiger partial charge in [-0.25, -0.2) is 4.98 Å². The van der Waals surface area contributed by atoms with E-state index in [1.807, 2.05) is 41.2 Å². The molecule has 0 radical (unpaired) electrons. The molecule has 1 aliphatic carbocycles. The van der Waals surface area contributed by atoms with Crippen LogP contribution >= 0.6 is 0 Å². The Hall–Kier alpha value is -3.09. The van der Waals surface area contributed by atoms with Gasteiger partial charge in [0.2, 0.25) is 0 Å². The van der Waals surface area contributed by atoms with Crippen LogP contribution in [0.25, 0.3) is 10.9 Å². The zero-order valence-corrected chi connectivity index (χ0v) is 18.3. The van der Waals surface area contributed by atoms with Crippen LogP contribution in [0.2, 0.25) is 0 Å². The maximum atomic E-state index is 11.8. The highest BCUT2D eigenvalue weighted by Crippen LogP contribution is 2.29. The van der Waals surface area contributed by atoms with Gasteiger partial charge in [0.15, 0.2) is 0 Å². The van der Waals surface area contributed by atoms with Crippen LogP contribution in [0.5, 0.6) is 5.75 Å². The maximum Gasteiger partial charge on any atom is 0.305 e. The normalized spacial score (nSPS) is 14.5. The van der Waals surface area contributed by atoms with Gasteiger partial charge in [0, 0.05) is 18.7 Å². The Morgan fingerprint density at radius 1 is 1.13 bits per heavy atom. The topological polar surface area (TPSA) is 78.3 Å². The molecule has 0 spiro atoms. The Bertz CT molecular complexity index is 1020. The van der Waals surface area contributed by atoms with Gasteiger partial charge in [0.05, 0.1) is 43.8 Å². The number of aromatic nitrogens is 3. The van der Waals surface area contributed by atoms with Gasteiger partial charge in [0.1, 0.15) is 11.6 Å². The summed E-state index contributed by atoms with van der Waals surface area (Å²) in [6.07, 6.45) is 8.78. The van der Waals surface area contributed by atoms with Crippen LogP contribution in [0.15, 0.2) is 36.5 Å². The van der Waals surface area contributed by atoms with E-state index in [1.165, 1.54) is 26.4 Å². The summed E-state index contributed by atoms with van der Waals surface area (Å²) < 4.78 is 12.1. The van der Waals surface area contributed by atoms with Crippen molar-refractivity contribution in [2.45, 2.75) is 57.5 Å². The summed E-state index contributed by atoms with van der Waals surface area (Å²) in [6, 6.07) is 10.4. The van der Waals surface area contributed by atoms with Crippen molar-refractivity contribution in [3.63, 3.8) is 0 Å². The Morgan fingerprint density at radius 3 is 2.61 bits per heavy atom. The third-order valence-corrected chi connectivity index (χ3v) is 5.97. The summed E-state index contributed by atoms with van der Waals surface area (Å²) >= 11 is 0. The van der Waals surface area contributed by atoms with Gasteiger partial charge >= 0.3 is 5.97 Å². The summed E-state index contributed by atoms with van der Waals surface area (Å²) in [7, 11) is 3.08. The average Bonchev–Trinajstić information content (AvgIpc) is 3.17. The molecule has 0 saturated heterocycles. The van der Waals surface area contributed by atoms with Crippen LogP contribution in [0.3, 0.4) is 0 Å². The first-order valence-electron chi connectivity index (χ1n) is 11.0. The molecule has 0 amide bonds. The van der Waals surface area contributed by atoms with E-state index in [9.17, 15) is 4.79 Å². The number of aryl methyl sites for hydroxylation is 1. The van der Waals surface area contributed by atoms with Crippen LogP contribution in [0.1, 0.15) is 49.8 Å². The molecule has 1 aromatic carbocycles. The highest BCUT2D eigenvalue weighted by molar-refractivity contribution is 5.92. The number of esters is 1. The number of carbonyl (C=O) groups is 1. The molecule has 0 unspecified atom stereocenters. The number of pyridine rings is 1. The monoisotopic (exact) mass is 422 g/mol. The lowest BCUT2D eigenvalue weighted by atomic mass is 9.95. The molecular formula is C24H30N4O3. The van der Waals surface area contributed by atoms with Crippen molar-refractivity contribution < 1.29 is 14.3 Å². The minimum Gasteiger partial charge on any atom is -0.497 e. The number of anilines is 1. The summed E-state index contributed by atoms with van der Waals surface area (Å²) in [5.41, 5.74) is 3.02. The molecule has 7 heteroatoms. The molecule has 4 rings (SSSR count). The Kier molecular flexibility index (Phi) is 6.70. The van der Waals surface area contributed by atoms with E-state index in [1.54, 1.807) is 7.11 Å². The second-order valence-electron chi connectivity index (χ2n) is 8.06. The number of nitrogens with one attached hydrogen (secondary N) is 1. The fourth-order valence-electron chi connectivity index (χ4n) is 4.27. The van der Waals surface area contributed by atoms with Crippen molar-refractivity contribution in [3.05, 3.63) is 47.8 Å². The molecule has 0 bridgehead atoms. The molecule has 1 aliphatic rings. The Balaban J connectivity index is 1.68. The third-order valence-electron chi connectivity index (χ3n) is 5.97. The van der Waals surface area contributed by atoms with Gasteiger partial charge in [-0.1, -0.05) is 31.4 Å². The lowest BCUT2D eigenvalue weighted by Gasteiger charge is -2.23. The average molecular weight is 423 g/mol. The molecule has 1 N–H and O–H groups in total. The van der Waals surface area contributed by atoms with Crippen LogP contribution < -0.4 is 10.1 Å². The molecule has 2 heterocycles. The number of methoxy groups -OCH3 is 2.